The number of hydrogen-bond acceptors (Lipinski definition) is 2. The summed E-state index contributed by atoms with van der Waals surface area (Å²) in [4.78, 5) is 0. The van der Waals surface area contributed by atoms with Gasteiger partial charge in [-0.3, -0.25) is 0 Å². The maximum absolute atomic E-state index is 12.0. The molecule has 0 spiro atoms. The number of hydrogen-bond donors (Lipinski definition) is 0. The summed E-state index contributed by atoms with van der Waals surface area (Å²) in [5, 5.41) is 0. The van der Waals surface area contributed by atoms with Gasteiger partial charge in [-0.25, -0.2) is 0 Å². The third-order valence-electron chi connectivity index (χ3n) is 4.22. The molecule has 0 radical (unpaired) electrons. The summed E-state index contributed by atoms with van der Waals surface area (Å²) in [6, 6.07) is 10.7. The van der Waals surface area contributed by atoms with Gasteiger partial charge in [-0.05, 0) is 52.6 Å². The highest BCUT2D eigenvalue weighted by Gasteiger charge is 2.32. The normalized spacial score (nSPS) is 12.7. The fraction of sp³-hybridized carbons (Fsp3) is 0.478. The number of ether oxygens (including phenoxy) is 2. The fourth-order valence-electron chi connectivity index (χ4n) is 2.51. The van der Waals surface area contributed by atoms with Crippen molar-refractivity contribution >= 4 is 0 Å². The first-order valence-electron chi connectivity index (χ1n) is 9.51. The number of aryl methyl sites for hydroxylation is 1. The second-order valence-electron chi connectivity index (χ2n) is 9.10. The standard InChI is InChI=1S/C12H15F3O.C11H13F3O/c1-8-7-9(11(2,3)4)5-6-10(8)16-12(13,14)15;1-10(2,3)8-4-6-9(7-5-8)15-11(12,13)14/h5-7H,1-4H3;4-7H,1-3H3. The van der Waals surface area contributed by atoms with Crippen LogP contribution in [0.4, 0.5) is 26.3 Å². The average molecular weight is 450 g/mol. The van der Waals surface area contributed by atoms with E-state index in [1.54, 1.807) is 31.2 Å². The molecule has 8 heteroatoms. The van der Waals surface area contributed by atoms with Crippen LogP contribution in [0.1, 0.15) is 58.2 Å². The van der Waals surface area contributed by atoms with Crippen molar-refractivity contribution in [3.05, 3.63) is 59.2 Å². The lowest BCUT2D eigenvalue weighted by molar-refractivity contribution is -0.275. The summed E-state index contributed by atoms with van der Waals surface area (Å²) < 4.78 is 79.3. The van der Waals surface area contributed by atoms with Crippen LogP contribution in [0.2, 0.25) is 0 Å². The Balaban J connectivity index is 0.000000311. The van der Waals surface area contributed by atoms with Crippen molar-refractivity contribution < 1.29 is 35.8 Å². The lowest BCUT2D eigenvalue weighted by Gasteiger charge is -2.20. The van der Waals surface area contributed by atoms with Gasteiger partial charge in [-0.1, -0.05) is 65.8 Å². The van der Waals surface area contributed by atoms with E-state index in [2.05, 4.69) is 9.47 Å². The summed E-state index contributed by atoms with van der Waals surface area (Å²) >= 11 is 0. The van der Waals surface area contributed by atoms with Crippen molar-refractivity contribution in [1.82, 2.24) is 0 Å². The Hall–Kier alpha value is -2.38. The molecule has 0 atom stereocenters. The largest absolute Gasteiger partial charge is 0.573 e. The van der Waals surface area contributed by atoms with Gasteiger partial charge in [-0.15, -0.1) is 26.3 Å². The topological polar surface area (TPSA) is 18.5 Å². The summed E-state index contributed by atoms with van der Waals surface area (Å²) in [7, 11) is 0. The van der Waals surface area contributed by atoms with Crippen LogP contribution in [0.5, 0.6) is 11.5 Å². The minimum absolute atomic E-state index is 0.0727. The molecule has 0 unspecified atom stereocenters. The molecule has 0 fully saturated rings. The van der Waals surface area contributed by atoms with Gasteiger partial charge in [0.2, 0.25) is 0 Å². The van der Waals surface area contributed by atoms with Crippen LogP contribution in [0.25, 0.3) is 0 Å². The predicted octanol–water partition coefficient (Wildman–Crippen LogP) is 8.07. The molecule has 0 heterocycles. The van der Waals surface area contributed by atoms with Gasteiger partial charge >= 0.3 is 12.7 Å². The first-order chi connectivity index (χ1) is 13.8. The molecule has 174 valence electrons. The van der Waals surface area contributed by atoms with Crippen molar-refractivity contribution in [1.29, 1.82) is 0 Å². The van der Waals surface area contributed by atoms with Crippen molar-refractivity contribution in [3.8, 4) is 11.5 Å². The Morgan fingerprint density at radius 3 is 1.35 bits per heavy atom. The van der Waals surface area contributed by atoms with Crippen LogP contribution in [-0.4, -0.2) is 12.7 Å². The van der Waals surface area contributed by atoms with E-state index in [9.17, 15) is 26.3 Å². The SMILES string of the molecule is CC(C)(C)c1ccc(OC(F)(F)F)cc1.Cc1cc(C(C)(C)C)ccc1OC(F)(F)F. The van der Waals surface area contributed by atoms with E-state index in [0.717, 1.165) is 11.1 Å². The highest BCUT2D eigenvalue weighted by Crippen LogP contribution is 2.31. The van der Waals surface area contributed by atoms with Crippen LogP contribution in [-0.2, 0) is 10.8 Å². The van der Waals surface area contributed by atoms with E-state index >= 15 is 0 Å². The molecule has 31 heavy (non-hydrogen) atoms. The van der Waals surface area contributed by atoms with Crippen LogP contribution in [0, 0.1) is 6.92 Å². The minimum Gasteiger partial charge on any atom is -0.406 e. The van der Waals surface area contributed by atoms with Crippen LogP contribution in [0.3, 0.4) is 0 Å². The van der Waals surface area contributed by atoms with Crippen LogP contribution >= 0.6 is 0 Å². The van der Waals surface area contributed by atoms with E-state index in [-0.39, 0.29) is 22.3 Å². The Bertz CT molecular complexity index is 839. The van der Waals surface area contributed by atoms with Gasteiger partial charge < -0.3 is 9.47 Å². The molecule has 0 saturated carbocycles. The number of halogens is 6. The van der Waals surface area contributed by atoms with Crippen LogP contribution in [0.15, 0.2) is 42.5 Å². The molecule has 2 aromatic rings. The highest BCUT2D eigenvalue weighted by molar-refractivity contribution is 5.38. The van der Waals surface area contributed by atoms with Crippen molar-refractivity contribution in [3.63, 3.8) is 0 Å². The van der Waals surface area contributed by atoms with Gasteiger partial charge in [-0.2, -0.15) is 0 Å². The summed E-state index contributed by atoms with van der Waals surface area (Å²) in [6.45, 7) is 13.6. The molecule has 0 aromatic heterocycles. The molecule has 2 nitrogen and oxygen atoms in total. The lowest BCUT2D eigenvalue weighted by atomic mass is 9.86. The maximum atomic E-state index is 12.0. The highest BCUT2D eigenvalue weighted by atomic mass is 19.4. The smallest absolute Gasteiger partial charge is 0.406 e. The summed E-state index contributed by atoms with van der Waals surface area (Å²) in [5.74, 6) is -0.323. The second-order valence-corrected chi connectivity index (χ2v) is 9.10. The molecule has 2 aromatic carbocycles. The van der Waals surface area contributed by atoms with E-state index in [4.69, 9.17) is 0 Å². The molecule has 0 amide bonds. The van der Waals surface area contributed by atoms with Gasteiger partial charge in [0, 0.05) is 0 Å². The van der Waals surface area contributed by atoms with Gasteiger partial charge in [0.1, 0.15) is 11.5 Å². The zero-order valence-corrected chi connectivity index (χ0v) is 18.6. The molecule has 0 aliphatic rings. The van der Waals surface area contributed by atoms with Gasteiger partial charge in [0.25, 0.3) is 0 Å². The van der Waals surface area contributed by atoms with Gasteiger partial charge in [0.15, 0.2) is 0 Å². The van der Waals surface area contributed by atoms with Gasteiger partial charge in [0.05, 0.1) is 0 Å². The predicted molar refractivity (Wildman–Crippen MR) is 108 cm³/mol. The molecular weight excluding hydrogens is 422 g/mol. The third-order valence-corrected chi connectivity index (χ3v) is 4.22. The first kappa shape index (κ1) is 26.7. The Morgan fingerprint density at radius 1 is 0.581 bits per heavy atom. The molecule has 0 aliphatic carbocycles. The molecule has 0 saturated heterocycles. The fourth-order valence-corrected chi connectivity index (χ4v) is 2.51. The second kappa shape index (κ2) is 9.40. The Kier molecular flexibility index (Phi) is 8.09. The van der Waals surface area contributed by atoms with E-state index in [0.29, 0.717) is 5.56 Å². The number of alkyl halides is 6. The minimum atomic E-state index is -4.63. The Labute approximate surface area is 179 Å². The van der Waals surface area contributed by atoms with Crippen molar-refractivity contribution in [2.45, 2.75) is 72.0 Å². The summed E-state index contributed by atoms with van der Waals surface area (Å²) in [6.07, 6.45) is -9.25. The Morgan fingerprint density at radius 2 is 1.00 bits per heavy atom. The molecule has 0 aliphatic heterocycles. The zero-order valence-electron chi connectivity index (χ0n) is 18.6. The van der Waals surface area contributed by atoms with Crippen molar-refractivity contribution in [2.24, 2.45) is 0 Å². The maximum Gasteiger partial charge on any atom is 0.573 e. The van der Waals surface area contributed by atoms with E-state index in [1.165, 1.54) is 18.2 Å². The summed E-state index contributed by atoms with van der Waals surface area (Å²) in [5.41, 5.74) is 2.29. The lowest BCUT2D eigenvalue weighted by Crippen LogP contribution is -2.18. The first-order valence-corrected chi connectivity index (χ1v) is 9.51. The van der Waals surface area contributed by atoms with E-state index < -0.39 is 12.7 Å². The van der Waals surface area contributed by atoms with E-state index in [1.807, 2.05) is 41.5 Å². The molecule has 0 bridgehead atoms. The number of rotatable bonds is 2. The van der Waals surface area contributed by atoms with Crippen molar-refractivity contribution in [2.75, 3.05) is 0 Å². The third kappa shape index (κ3) is 9.98. The monoisotopic (exact) mass is 450 g/mol. The quantitative estimate of drug-likeness (QED) is 0.431. The molecule has 0 N–H and O–H groups in total. The number of benzene rings is 2. The average Bonchev–Trinajstić information content (AvgIpc) is 2.53. The van der Waals surface area contributed by atoms with Crippen LogP contribution < -0.4 is 9.47 Å². The molecule has 2 rings (SSSR count). The molecular formula is C23H28F6O2. The zero-order chi connectivity index (χ0) is 24.3.